The Hall–Kier alpha value is -0.840. The molecule has 0 unspecified atom stereocenters. The maximum absolute atomic E-state index is 13.6. The van der Waals surface area contributed by atoms with Crippen LogP contribution in [0.3, 0.4) is 0 Å². The van der Waals surface area contributed by atoms with Crippen LogP contribution in [0.2, 0.25) is 0 Å². The van der Waals surface area contributed by atoms with Gasteiger partial charge in [0.05, 0.1) is 7.11 Å². The van der Waals surface area contributed by atoms with Gasteiger partial charge in [-0.1, -0.05) is 12.1 Å². The predicted molar refractivity (Wildman–Crippen MR) is 70.7 cm³/mol. The van der Waals surface area contributed by atoms with Crippen LogP contribution in [0.4, 0.5) is 4.39 Å². The SMILES string of the molecule is COc1c(F)cccc1[C@@H](N)C1CCOCC1.Cl. The van der Waals surface area contributed by atoms with Gasteiger partial charge in [-0.2, -0.15) is 0 Å². The molecule has 1 aromatic carbocycles. The number of rotatable bonds is 3. The van der Waals surface area contributed by atoms with E-state index in [2.05, 4.69) is 0 Å². The molecule has 0 aromatic heterocycles. The average molecular weight is 276 g/mol. The van der Waals surface area contributed by atoms with E-state index >= 15 is 0 Å². The third-order valence-corrected chi connectivity index (χ3v) is 3.33. The van der Waals surface area contributed by atoms with Crippen molar-refractivity contribution in [3.05, 3.63) is 29.6 Å². The first-order valence-electron chi connectivity index (χ1n) is 5.89. The van der Waals surface area contributed by atoms with Gasteiger partial charge in [0, 0.05) is 24.8 Å². The number of nitrogens with two attached hydrogens (primary N) is 1. The van der Waals surface area contributed by atoms with Crippen LogP contribution in [0, 0.1) is 11.7 Å². The van der Waals surface area contributed by atoms with E-state index < -0.39 is 0 Å². The summed E-state index contributed by atoms with van der Waals surface area (Å²) >= 11 is 0. The van der Waals surface area contributed by atoms with Gasteiger partial charge in [-0.05, 0) is 24.8 Å². The van der Waals surface area contributed by atoms with Crippen molar-refractivity contribution in [1.29, 1.82) is 0 Å². The smallest absolute Gasteiger partial charge is 0.165 e. The molecular weight excluding hydrogens is 257 g/mol. The highest BCUT2D eigenvalue weighted by molar-refractivity contribution is 5.85. The van der Waals surface area contributed by atoms with E-state index in [4.69, 9.17) is 15.2 Å². The monoisotopic (exact) mass is 275 g/mol. The van der Waals surface area contributed by atoms with Crippen molar-refractivity contribution in [3.8, 4) is 5.75 Å². The van der Waals surface area contributed by atoms with Gasteiger partial charge in [0.25, 0.3) is 0 Å². The molecule has 2 rings (SSSR count). The molecule has 0 spiro atoms. The Balaban J connectivity index is 0.00000162. The topological polar surface area (TPSA) is 44.5 Å². The molecule has 102 valence electrons. The summed E-state index contributed by atoms with van der Waals surface area (Å²) in [7, 11) is 1.47. The fraction of sp³-hybridized carbons (Fsp3) is 0.538. The lowest BCUT2D eigenvalue weighted by molar-refractivity contribution is 0.0580. The molecule has 1 atom stereocenters. The van der Waals surface area contributed by atoms with Crippen molar-refractivity contribution < 1.29 is 13.9 Å². The number of halogens is 2. The largest absolute Gasteiger partial charge is 0.493 e. The fourth-order valence-electron chi connectivity index (χ4n) is 2.33. The fourth-order valence-corrected chi connectivity index (χ4v) is 2.33. The number of ether oxygens (including phenoxy) is 2. The number of methoxy groups -OCH3 is 1. The minimum absolute atomic E-state index is 0. The lowest BCUT2D eigenvalue weighted by Gasteiger charge is -2.28. The first kappa shape index (κ1) is 15.2. The summed E-state index contributed by atoms with van der Waals surface area (Å²) in [6.45, 7) is 1.46. The molecule has 1 heterocycles. The molecule has 2 N–H and O–H groups in total. The van der Waals surface area contributed by atoms with E-state index in [0.717, 1.165) is 31.6 Å². The highest BCUT2D eigenvalue weighted by Crippen LogP contribution is 2.34. The van der Waals surface area contributed by atoms with E-state index in [1.807, 2.05) is 6.07 Å². The number of hydrogen-bond donors (Lipinski definition) is 1. The molecule has 1 aliphatic heterocycles. The lowest BCUT2D eigenvalue weighted by Crippen LogP contribution is -2.27. The summed E-state index contributed by atoms with van der Waals surface area (Å²) in [5.41, 5.74) is 6.96. The Morgan fingerprint density at radius 3 is 2.67 bits per heavy atom. The summed E-state index contributed by atoms with van der Waals surface area (Å²) < 4.78 is 24.0. The van der Waals surface area contributed by atoms with E-state index in [1.54, 1.807) is 6.07 Å². The molecule has 0 amide bonds. The molecular formula is C13H19ClFNO2. The third kappa shape index (κ3) is 3.13. The number of para-hydroxylation sites is 1. The molecule has 3 nitrogen and oxygen atoms in total. The molecule has 1 saturated heterocycles. The zero-order valence-corrected chi connectivity index (χ0v) is 11.2. The second kappa shape index (κ2) is 6.92. The van der Waals surface area contributed by atoms with Crippen LogP contribution in [0.25, 0.3) is 0 Å². The van der Waals surface area contributed by atoms with Crippen LogP contribution in [0.1, 0.15) is 24.4 Å². The van der Waals surface area contributed by atoms with Gasteiger partial charge in [0.15, 0.2) is 11.6 Å². The number of hydrogen-bond acceptors (Lipinski definition) is 3. The Morgan fingerprint density at radius 1 is 1.39 bits per heavy atom. The Labute approximate surface area is 113 Å². The van der Waals surface area contributed by atoms with Crippen molar-refractivity contribution in [2.75, 3.05) is 20.3 Å². The van der Waals surface area contributed by atoms with E-state index in [-0.39, 0.29) is 30.0 Å². The van der Waals surface area contributed by atoms with Crippen molar-refractivity contribution in [2.24, 2.45) is 11.7 Å². The standard InChI is InChI=1S/C13H18FNO2.ClH/c1-16-13-10(3-2-4-11(13)14)12(15)9-5-7-17-8-6-9;/h2-4,9,12H,5-8,15H2,1H3;1H/t12-;/m0./s1. The second-order valence-corrected chi connectivity index (χ2v) is 4.34. The van der Waals surface area contributed by atoms with Crippen LogP contribution in [-0.2, 0) is 4.74 Å². The Bertz CT molecular complexity index is 383. The Morgan fingerprint density at radius 2 is 2.06 bits per heavy atom. The molecule has 0 saturated carbocycles. The molecule has 0 radical (unpaired) electrons. The normalized spacial score (nSPS) is 17.9. The van der Waals surface area contributed by atoms with Gasteiger partial charge in [-0.15, -0.1) is 12.4 Å². The summed E-state index contributed by atoms with van der Waals surface area (Å²) in [5.74, 6) is 0.249. The minimum Gasteiger partial charge on any atom is -0.493 e. The van der Waals surface area contributed by atoms with Gasteiger partial charge in [-0.3, -0.25) is 0 Å². The quantitative estimate of drug-likeness (QED) is 0.922. The van der Waals surface area contributed by atoms with Crippen LogP contribution >= 0.6 is 12.4 Å². The van der Waals surface area contributed by atoms with Crippen molar-refractivity contribution in [2.45, 2.75) is 18.9 Å². The first-order valence-corrected chi connectivity index (χ1v) is 5.89. The summed E-state index contributed by atoms with van der Waals surface area (Å²) in [4.78, 5) is 0. The van der Waals surface area contributed by atoms with Crippen molar-refractivity contribution in [1.82, 2.24) is 0 Å². The summed E-state index contributed by atoms with van der Waals surface area (Å²) in [6, 6.07) is 4.71. The van der Waals surface area contributed by atoms with Gasteiger partial charge in [0.1, 0.15) is 0 Å². The maximum Gasteiger partial charge on any atom is 0.165 e. The first-order chi connectivity index (χ1) is 8.24. The van der Waals surface area contributed by atoms with Crippen LogP contribution in [-0.4, -0.2) is 20.3 Å². The van der Waals surface area contributed by atoms with Gasteiger partial charge in [-0.25, -0.2) is 4.39 Å². The zero-order valence-electron chi connectivity index (χ0n) is 10.4. The molecule has 0 aliphatic carbocycles. The minimum atomic E-state index is -0.354. The molecule has 1 aliphatic rings. The molecule has 1 aromatic rings. The Kier molecular flexibility index (Phi) is 5.85. The molecule has 0 bridgehead atoms. The van der Waals surface area contributed by atoms with Gasteiger partial charge in [0.2, 0.25) is 0 Å². The molecule has 5 heteroatoms. The molecule has 1 fully saturated rings. The average Bonchev–Trinajstić information content (AvgIpc) is 2.38. The highest BCUT2D eigenvalue weighted by Gasteiger charge is 2.25. The summed E-state index contributed by atoms with van der Waals surface area (Å²) in [5, 5.41) is 0. The predicted octanol–water partition coefficient (Wildman–Crippen LogP) is 2.68. The van der Waals surface area contributed by atoms with Crippen LogP contribution in [0.15, 0.2) is 18.2 Å². The van der Waals surface area contributed by atoms with Crippen molar-refractivity contribution in [3.63, 3.8) is 0 Å². The van der Waals surface area contributed by atoms with E-state index in [0.29, 0.717) is 5.92 Å². The van der Waals surface area contributed by atoms with E-state index in [1.165, 1.54) is 13.2 Å². The molecule has 18 heavy (non-hydrogen) atoms. The van der Waals surface area contributed by atoms with E-state index in [9.17, 15) is 4.39 Å². The van der Waals surface area contributed by atoms with Gasteiger partial charge >= 0.3 is 0 Å². The van der Waals surface area contributed by atoms with Gasteiger partial charge < -0.3 is 15.2 Å². The van der Waals surface area contributed by atoms with Crippen LogP contribution in [0.5, 0.6) is 5.75 Å². The third-order valence-electron chi connectivity index (χ3n) is 3.33. The zero-order chi connectivity index (χ0) is 12.3. The number of benzene rings is 1. The lowest BCUT2D eigenvalue weighted by atomic mass is 9.87. The summed E-state index contributed by atoms with van der Waals surface area (Å²) in [6.07, 6.45) is 1.83. The second-order valence-electron chi connectivity index (χ2n) is 4.34. The van der Waals surface area contributed by atoms with Crippen molar-refractivity contribution >= 4 is 12.4 Å². The maximum atomic E-state index is 13.6. The van der Waals surface area contributed by atoms with Crippen LogP contribution < -0.4 is 10.5 Å². The highest BCUT2D eigenvalue weighted by atomic mass is 35.5.